The zero-order valence-corrected chi connectivity index (χ0v) is 12.7. The first-order valence-electron chi connectivity index (χ1n) is 6.90. The Hall–Kier alpha value is -3.25. The Labute approximate surface area is 135 Å². The Morgan fingerprint density at radius 3 is 1.83 bits per heavy atom. The van der Waals surface area contributed by atoms with Crippen LogP contribution in [0.25, 0.3) is 0 Å². The third kappa shape index (κ3) is 5.56. The molecule has 1 aromatic carbocycles. The number of carbonyl (C=O) groups is 3. The van der Waals surface area contributed by atoms with Crippen LogP contribution in [0.2, 0.25) is 0 Å². The van der Waals surface area contributed by atoms with Gasteiger partial charge >= 0.3 is 0 Å². The molecule has 23 heavy (non-hydrogen) atoms. The molecule has 0 bridgehead atoms. The maximum absolute atomic E-state index is 12.0. The van der Waals surface area contributed by atoms with Gasteiger partial charge < -0.3 is 16.0 Å². The summed E-state index contributed by atoms with van der Waals surface area (Å²) < 4.78 is 0. The van der Waals surface area contributed by atoms with Gasteiger partial charge in [-0.25, -0.2) is 0 Å². The van der Waals surface area contributed by atoms with Crippen molar-refractivity contribution in [3.63, 3.8) is 0 Å². The maximum atomic E-state index is 12.0. The van der Waals surface area contributed by atoms with E-state index in [4.69, 9.17) is 12.8 Å². The number of hydrogen-bond acceptors (Lipinski definition) is 3. The molecule has 118 valence electrons. The molecule has 0 aromatic heterocycles. The van der Waals surface area contributed by atoms with Crippen molar-refractivity contribution in [3.05, 3.63) is 29.3 Å². The summed E-state index contributed by atoms with van der Waals surface area (Å²) in [4.78, 5) is 35.6. The van der Waals surface area contributed by atoms with E-state index >= 15 is 0 Å². The third-order valence-electron chi connectivity index (χ3n) is 2.76. The van der Waals surface area contributed by atoms with Gasteiger partial charge in [0.05, 0.1) is 13.1 Å². The van der Waals surface area contributed by atoms with Gasteiger partial charge in [0.15, 0.2) is 0 Å². The second-order valence-electron chi connectivity index (χ2n) is 4.47. The third-order valence-corrected chi connectivity index (χ3v) is 2.76. The predicted octanol–water partition coefficient (Wildman–Crippen LogP) is 0.761. The van der Waals surface area contributed by atoms with E-state index in [0.29, 0.717) is 5.69 Å². The summed E-state index contributed by atoms with van der Waals surface area (Å²) in [6, 6.07) is 4.34. The van der Waals surface area contributed by atoms with Crippen LogP contribution in [0.4, 0.5) is 5.69 Å². The van der Waals surface area contributed by atoms with Crippen molar-refractivity contribution in [1.29, 1.82) is 0 Å². The van der Waals surface area contributed by atoms with Crippen LogP contribution in [-0.2, 0) is 4.79 Å². The molecule has 0 saturated heterocycles. The Morgan fingerprint density at radius 2 is 1.43 bits per heavy atom. The average Bonchev–Trinajstić information content (AvgIpc) is 2.56. The highest BCUT2D eigenvalue weighted by Gasteiger charge is 2.13. The Morgan fingerprint density at radius 1 is 0.957 bits per heavy atom. The number of nitrogens with one attached hydrogen (secondary N) is 3. The molecular weight excluding hydrogens is 294 g/mol. The largest absolute Gasteiger partial charge is 0.341 e. The van der Waals surface area contributed by atoms with E-state index in [1.807, 2.05) is 0 Å². The minimum absolute atomic E-state index is 0.0585. The van der Waals surface area contributed by atoms with E-state index in [9.17, 15) is 14.4 Å². The highest BCUT2D eigenvalue weighted by Crippen LogP contribution is 2.16. The lowest BCUT2D eigenvalue weighted by Crippen LogP contribution is -2.26. The molecule has 6 heteroatoms. The molecule has 0 radical (unpaired) electrons. The predicted molar refractivity (Wildman–Crippen MR) is 87.7 cm³/mol. The van der Waals surface area contributed by atoms with E-state index < -0.39 is 11.8 Å². The first-order chi connectivity index (χ1) is 11.0. The van der Waals surface area contributed by atoms with E-state index in [1.165, 1.54) is 18.2 Å². The van der Waals surface area contributed by atoms with Gasteiger partial charge in [0, 0.05) is 23.2 Å². The minimum Gasteiger partial charge on any atom is -0.341 e. The van der Waals surface area contributed by atoms with Crippen LogP contribution in [0.5, 0.6) is 0 Å². The topological polar surface area (TPSA) is 87.3 Å². The first kappa shape index (κ1) is 17.8. The van der Waals surface area contributed by atoms with Crippen LogP contribution in [0.3, 0.4) is 0 Å². The van der Waals surface area contributed by atoms with Crippen molar-refractivity contribution in [2.24, 2.45) is 0 Å². The number of amides is 3. The molecule has 0 aliphatic heterocycles. The van der Waals surface area contributed by atoms with Gasteiger partial charge in [-0.15, -0.1) is 12.8 Å². The monoisotopic (exact) mass is 311 g/mol. The van der Waals surface area contributed by atoms with Crippen molar-refractivity contribution in [3.8, 4) is 24.7 Å². The van der Waals surface area contributed by atoms with Gasteiger partial charge in [0.2, 0.25) is 5.91 Å². The lowest BCUT2D eigenvalue weighted by Gasteiger charge is -2.10. The zero-order valence-electron chi connectivity index (χ0n) is 12.7. The fourth-order valence-electron chi connectivity index (χ4n) is 1.68. The van der Waals surface area contributed by atoms with Crippen molar-refractivity contribution in [2.45, 2.75) is 13.3 Å². The van der Waals surface area contributed by atoms with Gasteiger partial charge in [-0.1, -0.05) is 18.8 Å². The SMILES string of the molecule is C#CCNC(=O)c1cc(NC(=O)CC)cc(C(=O)NCC#C)c1. The summed E-state index contributed by atoms with van der Waals surface area (Å²) in [5.41, 5.74) is 0.760. The fraction of sp³-hybridized carbons (Fsp3) is 0.235. The molecule has 0 fully saturated rings. The van der Waals surface area contributed by atoms with Crippen molar-refractivity contribution in [2.75, 3.05) is 18.4 Å². The van der Waals surface area contributed by atoms with E-state index in [0.717, 1.165) is 0 Å². The van der Waals surface area contributed by atoms with E-state index in [1.54, 1.807) is 6.92 Å². The van der Waals surface area contributed by atoms with Gasteiger partial charge in [-0.2, -0.15) is 0 Å². The molecule has 1 aromatic rings. The minimum atomic E-state index is -0.443. The maximum Gasteiger partial charge on any atom is 0.252 e. The highest BCUT2D eigenvalue weighted by molar-refractivity contribution is 6.02. The summed E-state index contributed by atoms with van der Waals surface area (Å²) in [7, 11) is 0. The molecule has 6 nitrogen and oxygen atoms in total. The second-order valence-corrected chi connectivity index (χ2v) is 4.47. The van der Waals surface area contributed by atoms with Crippen molar-refractivity contribution in [1.82, 2.24) is 10.6 Å². The molecule has 0 saturated carbocycles. The molecule has 0 atom stereocenters. The Kier molecular flexibility index (Phi) is 6.90. The van der Waals surface area contributed by atoms with Gasteiger partial charge in [-0.3, -0.25) is 14.4 Å². The molecule has 0 unspecified atom stereocenters. The van der Waals surface area contributed by atoms with Gasteiger partial charge in [0.1, 0.15) is 0 Å². The molecule has 0 aliphatic rings. The molecule has 0 heterocycles. The summed E-state index contributed by atoms with van der Waals surface area (Å²) in [6.45, 7) is 1.81. The number of benzene rings is 1. The van der Waals surface area contributed by atoms with Crippen LogP contribution in [0.1, 0.15) is 34.1 Å². The highest BCUT2D eigenvalue weighted by atomic mass is 16.2. The van der Waals surface area contributed by atoms with Gasteiger partial charge in [0.25, 0.3) is 11.8 Å². The Bertz CT molecular complexity index is 648. The number of anilines is 1. The zero-order chi connectivity index (χ0) is 17.2. The normalized spacial score (nSPS) is 9.17. The molecule has 3 N–H and O–H groups in total. The fourth-order valence-corrected chi connectivity index (χ4v) is 1.68. The van der Waals surface area contributed by atoms with Crippen LogP contribution >= 0.6 is 0 Å². The molecule has 0 aliphatic carbocycles. The van der Waals surface area contributed by atoms with Crippen molar-refractivity contribution < 1.29 is 14.4 Å². The van der Waals surface area contributed by atoms with Crippen LogP contribution in [0.15, 0.2) is 18.2 Å². The van der Waals surface area contributed by atoms with E-state index in [2.05, 4.69) is 27.8 Å². The van der Waals surface area contributed by atoms with Crippen molar-refractivity contribution >= 4 is 23.4 Å². The summed E-state index contributed by atoms with van der Waals surface area (Å²) in [5.74, 6) is 3.45. The first-order valence-corrected chi connectivity index (χ1v) is 6.90. The number of hydrogen-bond donors (Lipinski definition) is 3. The number of carbonyl (C=O) groups excluding carboxylic acids is 3. The van der Waals surface area contributed by atoms with Gasteiger partial charge in [-0.05, 0) is 18.2 Å². The second kappa shape index (κ2) is 8.91. The van der Waals surface area contributed by atoms with E-state index in [-0.39, 0.29) is 36.5 Å². The van der Waals surface area contributed by atoms with Crippen LogP contribution in [0, 0.1) is 24.7 Å². The molecule has 0 spiro atoms. The summed E-state index contributed by atoms with van der Waals surface area (Å²) in [5, 5.41) is 7.62. The van der Waals surface area contributed by atoms with Crippen LogP contribution < -0.4 is 16.0 Å². The van der Waals surface area contributed by atoms with Crippen LogP contribution in [-0.4, -0.2) is 30.8 Å². The quantitative estimate of drug-likeness (QED) is 0.678. The summed E-state index contributed by atoms with van der Waals surface area (Å²) >= 11 is 0. The lowest BCUT2D eigenvalue weighted by molar-refractivity contribution is -0.115. The lowest BCUT2D eigenvalue weighted by atomic mass is 10.1. The average molecular weight is 311 g/mol. The molecule has 3 amide bonds. The standard InChI is InChI=1S/C17H17N3O3/c1-4-7-18-16(22)12-9-13(17(23)19-8-5-2)11-14(10-12)20-15(21)6-3/h1-2,9-11H,6-8H2,3H3,(H,18,22)(H,19,23)(H,20,21). The summed E-state index contributed by atoms with van der Waals surface area (Å²) in [6.07, 6.45) is 10.5. The molecular formula is C17H17N3O3. The smallest absolute Gasteiger partial charge is 0.252 e. The Balaban J connectivity index is 3.14. The number of terminal acetylenes is 2. The molecule has 1 rings (SSSR count). The number of rotatable bonds is 6.